The molecule has 2 aromatic carbocycles. The molecule has 0 spiro atoms. The second-order valence-corrected chi connectivity index (χ2v) is 7.01. The van der Waals surface area contributed by atoms with Gasteiger partial charge in [0.05, 0.1) is 18.7 Å². The molecular formula is C21H24N2O3. The lowest BCUT2D eigenvalue weighted by atomic mass is 10.1. The SMILES string of the molecule is Cc1ccc2c(c1)c(N=O)c(O)n2Cc1ccccc1OCCC(C)C. The third-order valence-corrected chi connectivity index (χ3v) is 4.51. The zero-order valence-corrected chi connectivity index (χ0v) is 15.4. The van der Waals surface area contributed by atoms with Gasteiger partial charge in [-0.15, -0.1) is 4.91 Å². The van der Waals surface area contributed by atoms with Crippen molar-refractivity contribution in [3.63, 3.8) is 0 Å². The van der Waals surface area contributed by atoms with Crippen molar-refractivity contribution in [3.8, 4) is 11.6 Å². The van der Waals surface area contributed by atoms with Crippen LogP contribution in [0.5, 0.6) is 11.6 Å². The quantitative estimate of drug-likeness (QED) is 0.569. The van der Waals surface area contributed by atoms with Crippen molar-refractivity contribution in [3.05, 3.63) is 58.5 Å². The van der Waals surface area contributed by atoms with Crippen molar-refractivity contribution in [1.29, 1.82) is 0 Å². The molecule has 0 aliphatic heterocycles. The molecule has 5 nitrogen and oxygen atoms in total. The van der Waals surface area contributed by atoms with E-state index in [2.05, 4.69) is 19.0 Å². The van der Waals surface area contributed by atoms with Gasteiger partial charge >= 0.3 is 0 Å². The lowest BCUT2D eigenvalue weighted by molar-refractivity contribution is 0.286. The van der Waals surface area contributed by atoms with Crippen LogP contribution >= 0.6 is 0 Å². The largest absolute Gasteiger partial charge is 0.493 e. The zero-order chi connectivity index (χ0) is 18.7. The fraction of sp³-hybridized carbons (Fsp3) is 0.333. The molecule has 0 aliphatic rings. The van der Waals surface area contributed by atoms with Gasteiger partial charge in [-0.25, -0.2) is 0 Å². The second-order valence-electron chi connectivity index (χ2n) is 7.01. The van der Waals surface area contributed by atoms with Crippen molar-refractivity contribution in [1.82, 2.24) is 4.57 Å². The first kappa shape index (κ1) is 18.0. The number of aromatic nitrogens is 1. The smallest absolute Gasteiger partial charge is 0.222 e. The number of aromatic hydroxyl groups is 1. The highest BCUT2D eigenvalue weighted by molar-refractivity contribution is 5.95. The fourth-order valence-electron chi connectivity index (χ4n) is 3.04. The van der Waals surface area contributed by atoms with Crippen molar-refractivity contribution < 1.29 is 9.84 Å². The molecule has 26 heavy (non-hydrogen) atoms. The Morgan fingerprint density at radius 1 is 1.19 bits per heavy atom. The van der Waals surface area contributed by atoms with E-state index in [9.17, 15) is 10.0 Å². The summed E-state index contributed by atoms with van der Waals surface area (Å²) >= 11 is 0. The minimum atomic E-state index is -0.113. The molecule has 3 aromatic rings. The van der Waals surface area contributed by atoms with Crippen LogP contribution in [-0.4, -0.2) is 16.3 Å². The highest BCUT2D eigenvalue weighted by Gasteiger charge is 2.18. The Bertz CT molecular complexity index is 928. The fourth-order valence-corrected chi connectivity index (χ4v) is 3.04. The predicted octanol–water partition coefficient (Wildman–Crippen LogP) is 5.53. The molecule has 0 unspecified atom stereocenters. The molecule has 0 bridgehead atoms. The number of para-hydroxylation sites is 1. The number of nitroso groups, excluding NO2 is 1. The van der Waals surface area contributed by atoms with E-state index in [0.717, 1.165) is 28.8 Å². The summed E-state index contributed by atoms with van der Waals surface area (Å²) in [5.74, 6) is 1.25. The molecule has 3 rings (SSSR count). The topological polar surface area (TPSA) is 63.8 Å². The van der Waals surface area contributed by atoms with Gasteiger partial charge in [-0.05, 0) is 42.6 Å². The summed E-state index contributed by atoms with van der Waals surface area (Å²) in [7, 11) is 0. The number of hydrogen-bond donors (Lipinski definition) is 1. The third-order valence-electron chi connectivity index (χ3n) is 4.51. The highest BCUT2D eigenvalue weighted by Crippen LogP contribution is 2.39. The van der Waals surface area contributed by atoms with Gasteiger partial charge < -0.3 is 14.4 Å². The van der Waals surface area contributed by atoms with Crippen molar-refractivity contribution in [2.24, 2.45) is 11.1 Å². The second kappa shape index (κ2) is 7.60. The van der Waals surface area contributed by atoms with E-state index in [1.54, 1.807) is 4.57 Å². The van der Waals surface area contributed by atoms with Gasteiger partial charge in [-0.3, -0.25) is 0 Å². The van der Waals surface area contributed by atoms with Gasteiger partial charge in [-0.1, -0.05) is 43.7 Å². The van der Waals surface area contributed by atoms with Gasteiger partial charge in [-0.2, -0.15) is 0 Å². The Morgan fingerprint density at radius 2 is 1.96 bits per heavy atom. The van der Waals surface area contributed by atoms with E-state index in [-0.39, 0.29) is 11.6 Å². The average molecular weight is 352 g/mol. The molecule has 0 saturated carbocycles. The van der Waals surface area contributed by atoms with Gasteiger partial charge in [0.1, 0.15) is 5.75 Å². The van der Waals surface area contributed by atoms with E-state index < -0.39 is 0 Å². The maximum atomic E-state index is 11.2. The molecule has 1 N–H and O–H groups in total. The van der Waals surface area contributed by atoms with Crippen molar-refractivity contribution in [2.45, 2.75) is 33.7 Å². The Morgan fingerprint density at radius 3 is 2.69 bits per heavy atom. The van der Waals surface area contributed by atoms with Crippen LogP contribution < -0.4 is 4.74 Å². The number of fused-ring (bicyclic) bond motifs is 1. The first-order valence-electron chi connectivity index (χ1n) is 8.87. The summed E-state index contributed by atoms with van der Waals surface area (Å²) < 4.78 is 7.65. The van der Waals surface area contributed by atoms with Crippen LogP contribution in [0.2, 0.25) is 0 Å². The van der Waals surface area contributed by atoms with Crippen LogP contribution in [-0.2, 0) is 6.54 Å². The average Bonchev–Trinajstić information content (AvgIpc) is 2.86. The van der Waals surface area contributed by atoms with E-state index in [4.69, 9.17) is 4.74 Å². The Hall–Kier alpha value is -2.82. The first-order chi connectivity index (χ1) is 12.5. The Kier molecular flexibility index (Phi) is 5.26. The molecule has 5 heteroatoms. The van der Waals surface area contributed by atoms with Gasteiger partial charge in [0.15, 0.2) is 5.69 Å². The molecular weight excluding hydrogens is 328 g/mol. The molecule has 0 radical (unpaired) electrons. The van der Waals surface area contributed by atoms with Gasteiger partial charge in [0.2, 0.25) is 5.88 Å². The summed E-state index contributed by atoms with van der Waals surface area (Å²) in [6.45, 7) is 7.32. The van der Waals surface area contributed by atoms with Crippen LogP contribution in [0.1, 0.15) is 31.4 Å². The normalized spacial score (nSPS) is 11.2. The standard InChI is InChI=1S/C21H24N2O3/c1-14(2)10-11-26-19-7-5-4-6-16(19)13-23-18-9-8-15(3)12-17(18)20(22-25)21(23)24/h4-9,12,14,24H,10-11,13H2,1-3H3. The molecule has 0 fully saturated rings. The van der Waals surface area contributed by atoms with Crippen LogP contribution in [0.3, 0.4) is 0 Å². The molecule has 0 aliphatic carbocycles. The van der Waals surface area contributed by atoms with Crippen molar-refractivity contribution in [2.75, 3.05) is 6.61 Å². The minimum absolute atomic E-state index is 0.0851. The number of rotatable bonds is 7. The Balaban J connectivity index is 1.97. The molecule has 0 atom stereocenters. The maximum absolute atomic E-state index is 11.2. The molecule has 1 heterocycles. The zero-order valence-electron chi connectivity index (χ0n) is 15.4. The first-order valence-corrected chi connectivity index (χ1v) is 8.87. The van der Waals surface area contributed by atoms with E-state index in [0.29, 0.717) is 24.5 Å². The van der Waals surface area contributed by atoms with Gasteiger partial charge in [0.25, 0.3) is 0 Å². The lowest BCUT2D eigenvalue weighted by Crippen LogP contribution is -2.06. The van der Waals surface area contributed by atoms with Crippen LogP contribution in [0.15, 0.2) is 47.6 Å². The molecule has 0 saturated heterocycles. The summed E-state index contributed by atoms with van der Waals surface area (Å²) in [5, 5.41) is 14.2. The van der Waals surface area contributed by atoms with Crippen LogP contribution in [0, 0.1) is 17.7 Å². The Labute approximate surface area is 153 Å². The summed E-state index contributed by atoms with van der Waals surface area (Å²) in [6, 6.07) is 13.5. The monoisotopic (exact) mass is 352 g/mol. The molecule has 1 aromatic heterocycles. The minimum Gasteiger partial charge on any atom is -0.493 e. The summed E-state index contributed by atoms with van der Waals surface area (Å²) in [6.07, 6.45) is 0.977. The number of benzene rings is 2. The molecule has 136 valence electrons. The highest BCUT2D eigenvalue weighted by atomic mass is 16.5. The van der Waals surface area contributed by atoms with Crippen molar-refractivity contribution >= 4 is 16.6 Å². The number of nitrogens with zero attached hydrogens (tertiary/aromatic N) is 2. The number of aryl methyl sites for hydroxylation is 1. The summed E-state index contributed by atoms with van der Waals surface area (Å²) in [5.41, 5.74) is 2.82. The maximum Gasteiger partial charge on any atom is 0.222 e. The molecule has 0 amide bonds. The van der Waals surface area contributed by atoms with Crippen LogP contribution in [0.4, 0.5) is 5.69 Å². The number of ether oxygens (including phenoxy) is 1. The number of hydrogen-bond acceptors (Lipinski definition) is 4. The lowest BCUT2D eigenvalue weighted by Gasteiger charge is -2.14. The van der Waals surface area contributed by atoms with Crippen LogP contribution in [0.25, 0.3) is 10.9 Å². The third kappa shape index (κ3) is 3.57. The predicted molar refractivity (Wildman–Crippen MR) is 104 cm³/mol. The summed E-state index contributed by atoms with van der Waals surface area (Å²) in [4.78, 5) is 11.2. The van der Waals surface area contributed by atoms with Gasteiger partial charge in [0, 0.05) is 10.9 Å². The van der Waals surface area contributed by atoms with E-state index >= 15 is 0 Å². The van der Waals surface area contributed by atoms with E-state index in [1.807, 2.05) is 49.4 Å². The van der Waals surface area contributed by atoms with E-state index in [1.165, 1.54) is 0 Å².